The van der Waals surface area contributed by atoms with Gasteiger partial charge in [-0.2, -0.15) is 0 Å². The monoisotopic (exact) mass is 315 g/mol. The molecule has 1 amide bonds. The highest BCUT2D eigenvalue weighted by Crippen LogP contribution is 2.39. The summed E-state index contributed by atoms with van der Waals surface area (Å²) in [5, 5.41) is 9.26. The summed E-state index contributed by atoms with van der Waals surface area (Å²) in [7, 11) is 0. The van der Waals surface area contributed by atoms with E-state index in [-0.39, 0.29) is 17.9 Å². The number of hydrogen-bond donors (Lipinski definition) is 1. The van der Waals surface area contributed by atoms with Gasteiger partial charge in [-0.3, -0.25) is 9.59 Å². The van der Waals surface area contributed by atoms with Gasteiger partial charge in [0.1, 0.15) is 0 Å². The quantitative estimate of drug-likeness (QED) is 0.928. The Morgan fingerprint density at radius 2 is 1.87 bits per heavy atom. The Morgan fingerprint density at radius 3 is 2.52 bits per heavy atom. The highest BCUT2D eigenvalue weighted by atomic mass is 16.4. The van der Waals surface area contributed by atoms with Gasteiger partial charge in [-0.15, -0.1) is 0 Å². The first-order valence-corrected chi connectivity index (χ1v) is 8.68. The summed E-state index contributed by atoms with van der Waals surface area (Å²) >= 11 is 0. The number of carboxylic acid groups (broad SMARTS) is 1. The number of rotatable bonds is 3. The van der Waals surface area contributed by atoms with Crippen molar-refractivity contribution in [2.75, 3.05) is 6.54 Å². The molecule has 124 valence electrons. The fourth-order valence-corrected chi connectivity index (χ4v) is 3.90. The first-order valence-electron chi connectivity index (χ1n) is 8.68. The largest absolute Gasteiger partial charge is 0.481 e. The SMILES string of the molecule is Cc1cccc(C2CCCCCN2C(=O)C2CCC2C(=O)O)c1. The molecule has 2 fully saturated rings. The molecule has 0 spiro atoms. The van der Waals surface area contributed by atoms with E-state index < -0.39 is 11.9 Å². The predicted octanol–water partition coefficient (Wildman–Crippen LogP) is 3.55. The third kappa shape index (κ3) is 3.26. The molecule has 1 aliphatic heterocycles. The van der Waals surface area contributed by atoms with Crippen molar-refractivity contribution in [1.29, 1.82) is 0 Å². The topological polar surface area (TPSA) is 57.6 Å². The lowest BCUT2D eigenvalue weighted by atomic mass is 9.72. The highest BCUT2D eigenvalue weighted by Gasteiger charge is 2.44. The number of carbonyl (C=O) groups excluding carboxylic acids is 1. The van der Waals surface area contributed by atoms with Crippen LogP contribution in [0.25, 0.3) is 0 Å². The number of hydrogen-bond acceptors (Lipinski definition) is 2. The van der Waals surface area contributed by atoms with Crippen LogP contribution in [-0.4, -0.2) is 28.4 Å². The van der Waals surface area contributed by atoms with Gasteiger partial charge in [-0.1, -0.05) is 42.7 Å². The summed E-state index contributed by atoms with van der Waals surface area (Å²) in [6.45, 7) is 2.82. The second-order valence-corrected chi connectivity index (χ2v) is 6.94. The smallest absolute Gasteiger partial charge is 0.307 e. The molecule has 4 heteroatoms. The molecule has 3 atom stereocenters. The van der Waals surface area contributed by atoms with E-state index in [2.05, 4.69) is 25.1 Å². The van der Waals surface area contributed by atoms with E-state index in [1.54, 1.807) is 0 Å². The summed E-state index contributed by atoms with van der Waals surface area (Å²) < 4.78 is 0. The van der Waals surface area contributed by atoms with Gasteiger partial charge in [-0.25, -0.2) is 0 Å². The molecule has 23 heavy (non-hydrogen) atoms. The number of aryl methyl sites for hydroxylation is 1. The highest BCUT2D eigenvalue weighted by molar-refractivity contribution is 5.86. The summed E-state index contributed by atoms with van der Waals surface area (Å²) in [6, 6.07) is 8.46. The van der Waals surface area contributed by atoms with E-state index in [4.69, 9.17) is 0 Å². The molecule has 1 saturated carbocycles. The van der Waals surface area contributed by atoms with Gasteiger partial charge in [0.15, 0.2) is 0 Å². The maximum atomic E-state index is 13.0. The van der Waals surface area contributed by atoms with Crippen molar-refractivity contribution in [2.24, 2.45) is 11.8 Å². The molecule has 0 aromatic heterocycles. The summed E-state index contributed by atoms with van der Waals surface area (Å²) in [6.07, 6.45) is 5.59. The minimum absolute atomic E-state index is 0.0528. The van der Waals surface area contributed by atoms with Gasteiger partial charge >= 0.3 is 5.97 Å². The number of amides is 1. The number of benzene rings is 1. The standard InChI is InChI=1S/C19H25NO3/c1-13-6-5-7-14(12-13)17-8-3-2-4-11-20(17)18(21)15-9-10-16(15)19(22)23/h5-7,12,15-17H,2-4,8-11H2,1H3,(H,22,23). The molecule has 0 bridgehead atoms. The molecule has 1 aromatic carbocycles. The fourth-order valence-electron chi connectivity index (χ4n) is 3.90. The Bertz CT molecular complexity index is 598. The summed E-state index contributed by atoms with van der Waals surface area (Å²) in [4.78, 5) is 26.2. The molecule has 1 heterocycles. The molecule has 1 N–H and O–H groups in total. The lowest BCUT2D eigenvalue weighted by Gasteiger charge is -2.39. The van der Waals surface area contributed by atoms with Crippen LogP contribution >= 0.6 is 0 Å². The van der Waals surface area contributed by atoms with E-state index in [1.807, 2.05) is 11.0 Å². The van der Waals surface area contributed by atoms with E-state index in [9.17, 15) is 14.7 Å². The third-order valence-electron chi connectivity index (χ3n) is 5.37. The maximum absolute atomic E-state index is 13.0. The van der Waals surface area contributed by atoms with Crippen molar-refractivity contribution >= 4 is 11.9 Å². The minimum Gasteiger partial charge on any atom is -0.481 e. The predicted molar refractivity (Wildman–Crippen MR) is 88.0 cm³/mol. The number of nitrogens with zero attached hydrogens (tertiary/aromatic N) is 1. The molecule has 0 radical (unpaired) electrons. The van der Waals surface area contributed by atoms with Crippen LogP contribution in [0, 0.1) is 18.8 Å². The Morgan fingerprint density at radius 1 is 1.09 bits per heavy atom. The average molecular weight is 315 g/mol. The second kappa shape index (κ2) is 6.73. The molecule has 1 saturated heterocycles. The summed E-state index contributed by atoms with van der Waals surface area (Å²) in [5.41, 5.74) is 2.39. The molecule has 4 nitrogen and oxygen atoms in total. The fraction of sp³-hybridized carbons (Fsp3) is 0.579. The van der Waals surface area contributed by atoms with Crippen LogP contribution in [0.5, 0.6) is 0 Å². The number of likely N-dealkylation sites (tertiary alicyclic amines) is 1. The number of aliphatic carboxylic acids is 1. The lowest BCUT2D eigenvalue weighted by molar-refractivity contribution is -0.157. The first-order chi connectivity index (χ1) is 11.1. The zero-order valence-electron chi connectivity index (χ0n) is 13.7. The van der Waals surface area contributed by atoms with Crippen LogP contribution in [0.3, 0.4) is 0 Å². The van der Waals surface area contributed by atoms with E-state index >= 15 is 0 Å². The van der Waals surface area contributed by atoms with Crippen LogP contribution in [0.15, 0.2) is 24.3 Å². The van der Waals surface area contributed by atoms with Crippen molar-refractivity contribution in [3.8, 4) is 0 Å². The van der Waals surface area contributed by atoms with Crippen LogP contribution in [0.2, 0.25) is 0 Å². The van der Waals surface area contributed by atoms with Gasteiger partial charge in [-0.05, 0) is 38.2 Å². The van der Waals surface area contributed by atoms with Crippen molar-refractivity contribution in [1.82, 2.24) is 4.90 Å². The van der Waals surface area contributed by atoms with Gasteiger partial charge in [0, 0.05) is 6.54 Å². The van der Waals surface area contributed by atoms with E-state index in [1.165, 1.54) is 11.1 Å². The molecular weight excluding hydrogens is 290 g/mol. The molecule has 1 aromatic rings. The van der Waals surface area contributed by atoms with Gasteiger partial charge < -0.3 is 10.0 Å². The number of carbonyl (C=O) groups is 2. The van der Waals surface area contributed by atoms with E-state index in [0.29, 0.717) is 12.8 Å². The van der Waals surface area contributed by atoms with Crippen LogP contribution in [-0.2, 0) is 9.59 Å². The van der Waals surface area contributed by atoms with Crippen LogP contribution in [0.4, 0.5) is 0 Å². The molecular formula is C19H25NO3. The third-order valence-corrected chi connectivity index (χ3v) is 5.37. The van der Waals surface area contributed by atoms with E-state index in [0.717, 1.165) is 32.2 Å². The van der Waals surface area contributed by atoms with Gasteiger partial charge in [0.25, 0.3) is 0 Å². The molecule has 3 rings (SSSR count). The average Bonchev–Trinajstić information content (AvgIpc) is 2.71. The van der Waals surface area contributed by atoms with Crippen LogP contribution in [0.1, 0.15) is 55.7 Å². The van der Waals surface area contributed by atoms with Crippen molar-refractivity contribution in [2.45, 2.75) is 51.5 Å². The Hall–Kier alpha value is -1.84. The maximum Gasteiger partial charge on any atom is 0.307 e. The van der Waals surface area contributed by atoms with Crippen molar-refractivity contribution in [3.63, 3.8) is 0 Å². The molecule has 2 aliphatic rings. The van der Waals surface area contributed by atoms with Crippen molar-refractivity contribution < 1.29 is 14.7 Å². The second-order valence-electron chi connectivity index (χ2n) is 6.94. The Labute approximate surface area is 137 Å². The lowest BCUT2D eigenvalue weighted by Crippen LogP contribution is -2.47. The first kappa shape index (κ1) is 16.0. The van der Waals surface area contributed by atoms with Crippen LogP contribution < -0.4 is 0 Å². The molecule has 1 aliphatic carbocycles. The zero-order valence-corrected chi connectivity index (χ0v) is 13.7. The number of carboxylic acids is 1. The van der Waals surface area contributed by atoms with Gasteiger partial charge in [0.2, 0.25) is 5.91 Å². The van der Waals surface area contributed by atoms with Crippen molar-refractivity contribution in [3.05, 3.63) is 35.4 Å². The normalized spacial score (nSPS) is 27.9. The minimum atomic E-state index is -0.823. The van der Waals surface area contributed by atoms with Gasteiger partial charge in [0.05, 0.1) is 17.9 Å². The Kier molecular flexibility index (Phi) is 4.69. The Balaban J connectivity index is 1.84. The zero-order chi connectivity index (χ0) is 16.4. The summed E-state index contributed by atoms with van der Waals surface area (Å²) in [5.74, 6) is -1.57. The molecule has 3 unspecified atom stereocenters.